The molecule has 0 atom stereocenters. The van der Waals surface area contributed by atoms with Crippen LogP contribution in [0, 0.1) is 11.8 Å². The van der Waals surface area contributed by atoms with Crippen molar-refractivity contribution in [1.29, 1.82) is 0 Å². The fraction of sp³-hybridized carbons (Fsp3) is 0.526. The largest absolute Gasteiger partial charge is 0.366 e. The molecule has 1 saturated carbocycles. The molecule has 6 heteroatoms. The quantitative estimate of drug-likeness (QED) is 0.731. The minimum Gasteiger partial charge on any atom is -0.366 e. The van der Waals surface area contributed by atoms with Crippen LogP contribution in [0.25, 0.3) is 0 Å². The number of amides is 3. The highest BCUT2D eigenvalue weighted by Crippen LogP contribution is 2.40. The second-order valence-electron chi connectivity index (χ2n) is 7.42. The van der Waals surface area contributed by atoms with Crippen LogP contribution in [-0.2, 0) is 0 Å². The lowest BCUT2D eigenvalue weighted by Gasteiger charge is -2.31. The van der Waals surface area contributed by atoms with Crippen molar-refractivity contribution in [1.82, 2.24) is 0 Å². The first-order valence-electron chi connectivity index (χ1n) is 8.78. The maximum Gasteiger partial charge on any atom is 0.249 e. The van der Waals surface area contributed by atoms with Gasteiger partial charge in [0.15, 0.2) is 0 Å². The van der Waals surface area contributed by atoms with E-state index in [0.29, 0.717) is 17.4 Å². The zero-order valence-corrected chi connectivity index (χ0v) is 14.9. The van der Waals surface area contributed by atoms with Gasteiger partial charge in [0.1, 0.15) is 0 Å². The second kappa shape index (κ2) is 7.68. The first-order valence-corrected chi connectivity index (χ1v) is 8.78. The number of nitrogens with two attached hydrogens (primary N) is 3. The summed E-state index contributed by atoms with van der Waals surface area (Å²) in [7, 11) is 0. The highest BCUT2D eigenvalue weighted by molar-refractivity contribution is 6.05. The molecule has 0 saturated heterocycles. The van der Waals surface area contributed by atoms with Gasteiger partial charge in [-0.1, -0.05) is 13.8 Å². The van der Waals surface area contributed by atoms with Gasteiger partial charge in [0.05, 0.1) is 0 Å². The number of hydrogen-bond donors (Lipinski definition) is 3. The fourth-order valence-corrected chi connectivity index (χ4v) is 4.00. The zero-order valence-electron chi connectivity index (χ0n) is 14.9. The van der Waals surface area contributed by atoms with Crippen molar-refractivity contribution in [2.75, 3.05) is 0 Å². The summed E-state index contributed by atoms with van der Waals surface area (Å²) < 4.78 is 0. The molecule has 1 aliphatic rings. The molecule has 136 valence electrons. The van der Waals surface area contributed by atoms with E-state index < -0.39 is 17.7 Å². The SMILES string of the molecule is CC(C)C[C@H]1CC[C@@H](c2c(C(N)=O)cc(C(N)=O)cc2C(N)=O)CC1. The van der Waals surface area contributed by atoms with Crippen molar-refractivity contribution in [3.05, 3.63) is 34.4 Å². The van der Waals surface area contributed by atoms with Crippen LogP contribution in [0.5, 0.6) is 0 Å². The van der Waals surface area contributed by atoms with Crippen LogP contribution in [0.3, 0.4) is 0 Å². The molecule has 3 amide bonds. The third kappa shape index (κ3) is 4.38. The van der Waals surface area contributed by atoms with Crippen molar-refractivity contribution in [2.45, 2.75) is 51.9 Å². The minimum atomic E-state index is -0.725. The molecule has 1 aromatic rings. The lowest BCUT2D eigenvalue weighted by Crippen LogP contribution is -2.26. The highest BCUT2D eigenvalue weighted by Gasteiger charge is 2.29. The molecule has 1 fully saturated rings. The van der Waals surface area contributed by atoms with E-state index in [1.54, 1.807) is 0 Å². The summed E-state index contributed by atoms with van der Waals surface area (Å²) >= 11 is 0. The Morgan fingerprint density at radius 1 is 0.920 bits per heavy atom. The normalized spacial score (nSPS) is 20.4. The molecular weight excluding hydrogens is 318 g/mol. The molecule has 0 aromatic heterocycles. The molecule has 1 aliphatic carbocycles. The average molecular weight is 345 g/mol. The Bertz CT molecular complexity index is 654. The van der Waals surface area contributed by atoms with Gasteiger partial charge in [0, 0.05) is 16.7 Å². The third-order valence-electron chi connectivity index (χ3n) is 5.06. The van der Waals surface area contributed by atoms with Gasteiger partial charge in [0.25, 0.3) is 0 Å². The summed E-state index contributed by atoms with van der Waals surface area (Å²) in [5.41, 5.74) is 17.3. The lowest BCUT2D eigenvalue weighted by atomic mass is 9.73. The molecule has 0 radical (unpaired) electrons. The molecule has 25 heavy (non-hydrogen) atoms. The van der Waals surface area contributed by atoms with Crippen molar-refractivity contribution in [2.24, 2.45) is 29.0 Å². The molecular formula is C19H27N3O3. The summed E-state index contributed by atoms with van der Waals surface area (Å²) in [4.78, 5) is 35.4. The van der Waals surface area contributed by atoms with E-state index in [9.17, 15) is 14.4 Å². The van der Waals surface area contributed by atoms with E-state index in [-0.39, 0.29) is 22.6 Å². The lowest BCUT2D eigenvalue weighted by molar-refractivity contribution is 0.0997. The van der Waals surface area contributed by atoms with Crippen molar-refractivity contribution in [3.63, 3.8) is 0 Å². The van der Waals surface area contributed by atoms with E-state index in [4.69, 9.17) is 17.2 Å². The molecule has 0 bridgehead atoms. The molecule has 2 rings (SSSR count). The first-order chi connectivity index (χ1) is 11.7. The van der Waals surface area contributed by atoms with Crippen molar-refractivity contribution >= 4 is 17.7 Å². The van der Waals surface area contributed by atoms with Gasteiger partial charge in [-0.15, -0.1) is 0 Å². The van der Waals surface area contributed by atoms with E-state index in [0.717, 1.165) is 25.7 Å². The number of carbonyl (C=O) groups is 3. The Kier molecular flexibility index (Phi) is 5.82. The van der Waals surface area contributed by atoms with E-state index in [1.807, 2.05) is 0 Å². The van der Waals surface area contributed by atoms with Gasteiger partial charge in [-0.05, 0) is 67.6 Å². The highest BCUT2D eigenvalue weighted by atomic mass is 16.2. The Hall–Kier alpha value is -2.37. The van der Waals surface area contributed by atoms with Crippen LogP contribution in [-0.4, -0.2) is 17.7 Å². The zero-order chi connectivity index (χ0) is 18.7. The van der Waals surface area contributed by atoms with Gasteiger partial charge in [-0.2, -0.15) is 0 Å². The van der Waals surface area contributed by atoms with Gasteiger partial charge < -0.3 is 17.2 Å². The number of benzene rings is 1. The summed E-state index contributed by atoms with van der Waals surface area (Å²) in [6.07, 6.45) is 4.99. The molecule has 6 N–H and O–H groups in total. The third-order valence-corrected chi connectivity index (χ3v) is 5.06. The van der Waals surface area contributed by atoms with E-state index >= 15 is 0 Å². The molecule has 1 aromatic carbocycles. The standard InChI is InChI=1S/C19H27N3O3/c1-10(2)7-11-3-5-12(6-4-11)16-14(18(21)24)8-13(17(20)23)9-15(16)19(22)25/h8-12H,3-7H2,1-2H3,(H2,20,23)(H2,21,24)(H2,22,25)/t11-,12+. The summed E-state index contributed by atoms with van der Waals surface area (Å²) in [5.74, 6) is -0.726. The number of hydrogen-bond acceptors (Lipinski definition) is 3. The Labute approximate surface area is 148 Å². The second-order valence-corrected chi connectivity index (χ2v) is 7.42. The van der Waals surface area contributed by atoms with Crippen LogP contribution >= 0.6 is 0 Å². The minimum absolute atomic E-state index is 0.0374. The fourth-order valence-electron chi connectivity index (χ4n) is 4.00. The van der Waals surface area contributed by atoms with Gasteiger partial charge in [0.2, 0.25) is 17.7 Å². The van der Waals surface area contributed by atoms with E-state index in [1.165, 1.54) is 18.6 Å². The smallest absolute Gasteiger partial charge is 0.249 e. The Morgan fingerprint density at radius 3 is 1.76 bits per heavy atom. The summed E-state index contributed by atoms with van der Waals surface area (Å²) in [6, 6.07) is 2.76. The number of primary amides is 3. The van der Waals surface area contributed by atoms with Crippen LogP contribution in [0.1, 0.15) is 88.5 Å². The van der Waals surface area contributed by atoms with Crippen LogP contribution in [0.15, 0.2) is 12.1 Å². The van der Waals surface area contributed by atoms with Crippen LogP contribution in [0.2, 0.25) is 0 Å². The predicted octanol–water partition coefficient (Wildman–Crippen LogP) is 2.30. The first kappa shape index (κ1) is 19.0. The molecule has 6 nitrogen and oxygen atoms in total. The van der Waals surface area contributed by atoms with Crippen molar-refractivity contribution < 1.29 is 14.4 Å². The van der Waals surface area contributed by atoms with Gasteiger partial charge in [-0.3, -0.25) is 14.4 Å². The number of carbonyl (C=O) groups excluding carboxylic acids is 3. The van der Waals surface area contributed by atoms with E-state index in [2.05, 4.69) is 13.8 Å². The van der Waals surface area contributed by atoms with Gasteiger partial charge in [-0.25, -0.2) is 0 Å². The molecule has 0 aliphatic heterocycles. The van der Waals surface area contributed by atoms with Gasteiger partial charge >= 0.3 is 0 Å². The Balaban J connectivity index is 2.41. The number of rotatable bonds is 6. The molecule has 0 heterocycles. The summed E-state index contributed by atoms with van der Waals surface area (Å²) in [6.45, 7) is 4.43. The molecule has 0 spiro atoms. The predicted molar refractivity (Wildman–Crippen MR) is 96.1 cm³/mol. The Morgan fingerprint density at radius 2 is 1.40 bits per heavy atom. The topological polar surface area (TPSA) is 129 Å². The van der Waals surface area contributed by atoms with Crippen LogP contribution in [0.4, 0.5) is 0 Å². The average Bonchev–Trinajstić information content (AvgIpc) is 2.53. The molecule has 0 unspecified atom stereocenters. The van der Waals surface area contributed by atoms with Crippen molar-refractivity contribution in [3.8, 4) is 0 Å². The maximum atomic E-state index is 11.9. The maximum absolute atomic E-state index is 11.9. The summed E-state index contributed by atoms with van der Waals surface area (Å²) in [5, 5.41) is 0. The monoisotopic (exact) mass is 345 g/mol. The van der Waals surface area contributed by atoms with Crippen LogP contribution < -0.4 is 17.2 Å².